The minimum Gasteiger partial charge on any atom is -0.366 e. The molecule has 2 rings (SSSR count). The number of rotatable bonds is 5. The lowest BCUT2D eigenvalue weighted by atomic mass is 10.00. The molecule has 1 aliphatic carbocycles. The normalized spacial score (nSPS) is 20.6. The van der Waals surface area contributed by atoms with Gasteiger partial charge in [-0.05, 0) is 36.5 Å². The summed E-state index contributed by atoms with van der Waals surface area (Å²) in [6.07, 6.45) is 3.64. The molecule has 1 aromatic rings. The Morgan fingerprint density at radius 1 is 1.29 bits per heavy atom. The topological polar surface area (TPSA) is 98.2 Å². The average Bonchev–Trinajstić information content (AvgIpc) is 2.82. The first-order chi connectivity index (χ1) is 9.56. The van der Waals surface area contributed by atoms with E-state index in [1.54, 1.807) is 18.2 Å². The second-order valence-electron chi connectivity index (χ2n) is 5.40. The van der Waals surface area contributed by atoms with E-state index in [-0.39, 0.29) is 24.4 Å². The van der Waals surface area contributed by atoms with E-state index in [0.717, 1.165) is 24.8 Å². The second-order valence-corrected chi connectivity index (χ2v) is 5.40. The number of amides is 2. The van der Waals surface area contributed by atoms with Gasteiger partial charge in [-0.2, -0.15) is 0 Å². The van der Waals surface area contributed by atoms with Crippen LogP contribution >= 0.6 is 12.4 Å². The zero-order valence-electron chi connectivity index (χ0n) is 11.9. The van der Waals surface area contributed by atoms with Gasteiger partial charge >= 0.3 is 0 Å². The van der Waals surface area contributed by atoms with Crippen LogP contribution in [0.4, 0.5) is 0 Å². The molecule has 0 unspecified atom stereocenters. The van der Waals surface area contributed by atoms with E-state index in [4.69, 9.17) is 11.5 Å². The lowest BCUT2D eigenvalue weighted by Crippen LogP contribution is -2.31. The van der Waals surface area contributed by atoms with Crippen LogP contribution in [0.1, 0.15) is 41.6 Å². The maximum Gasteiger partial charge on any atom is 0.248 e. The van der Waals surface area contributed by atoms with Gasteiger partial charge in [0.25, 0.3) is 0 Å². The number of nitrogens with two attached hydrogens (primary N) is 2. The monoisotopic (exact) mass is 311 g/mol. The van der Waals surface area contributed by atoms with Crippen LogP contribution in [0.25, 0.3) is 0 Å². The molecule has 5 N–H and O–H groups in total. The SMILES string of the molecule is Cl.NC(=O)c1cccc(CNC(=O)C[C@@H]2CCC[C@H]2N)c1. The van der Waals surface area contributed by atoms with E-state index in [1.165, 1.54) is 0 Å². The molecule has 5 nitrogen and oxygen atoms in total. The quantitative estimate of drug-likeness (QED) is 0.765. The van der Waals surface area contributed by atoms with Crippen molar-refractivity contribution in [3.8, 4) is 0 Å². The Balaban J connectivity index is 0.00000220. The van der Waals surface area contributed by atoms with E-state index in [0.29, 0.717) is 24.4 Å². The van der Waals surface area contributed by atoms with Gasteiger partial charge in [0.15, 0.2) is 0 Å². The fourth-order valence-electron chi connectivity index (χ4n) is 2.66. The van der Waals surface area contributed by atoms with Gasteiger partial charge in [0.2, 0.25) is 11.8 Å². The van der Waals surface area contributed by atoms with Crippen LogP contribution in [-0.2, 0) is 11.3 Å². The third-order valence-corrected chi connectivity index (χ3v) is 3.87. The number of halogens is 1. The molecule has 0 saturated heterocycles. The maximum atomic E-state index is 11.9. The van der Waals surface area contributed by atoms with Crippen LogP contribution in [0.2, 0.25) is 0 Å². The highest BCUT2D eigenvalue weighted by atomic mass is 35.5. The summed E-state index contributed by atoms with van der Waals surface area (Å²) in [7, 11) is 0. The van der Waals surface area contributed by atoms with Crippen molar-refractivity contribution in [2.75, 3.05) is 0 Å². The predicted octanol–water partition coefficient (Wildman–Crippen LogP) is 1.34. The van der Waals surface area contributed by atoms with Gasteiger partial charge < -0.3 is 16.8 Å². The number of primary amides is 1. The van der Waals surface area contributed by atoms with Crippen LogP contribution in [0.15, 0.2) is 24.3 Å². The summed E-state index contributed by atoms with van der Waals surface area (Å²) in [5, 5.41) is 2.87. The van der Waals surface area contributed by atoms with E-state index < -0.39 is 5.91 Å². The highest BCUT2D eigenvalue weighted by molar-refractivity contribution is 5.92. The molecule has 0 radical (unpaired) electrons. The Morgan fingerprint density at radius 2 is 2.05 bits per heavy atom. The lowest BCUT2D eigenvalue weighted by molar-refractivity contribution is -0.122. The summed E-state index contributed by atoms with van der Waals surface area (Å²) in [5.41, 5.74) is 12.5. The standard InChI is InChI=1S/C15H21N3O2.ClH/c16-13-6-2-4-11(13)8-14(19)18-9-10-3-1-5-12(7-10)15(17)20;/h1,3,5,7,11,13H,2,4,6,8-9,16H2,(H2,17,20)(H,18,19);1H/t11-,13+;/m0./s1. The Kier molecular flexibility index (Phi) is 6.65. The van der Waals surface area contributed by atoms with Gasteiger partial charge in [0.1, 0.15) is 0 Å². The van der Waals surface area contributed by atoms with Crippen molar-refractivity contribution in [3.05, 3.63) is 35.4 Å². The zero-order chi connectivity index (χ0) is 14.5. The molecule has 0 spiro atoms. The van der Waals surface area contributed by atoms with Gasteiger partial charge in [0.05, 0.1) is 0 Å². The van der Waals surface area contributed by atoms with Crippen LogP contribution in [0, 0.1) is 5.92 Å². The third kappa shape index (κ3) is 5.02. The Bertz CT molecular complexity index is 507. The molecule has 0 aromatic heterocycles. The first-order valence-corrected chi connectivity index (χ1v) is 6.97. The largest absolute Gasteiger partial charge is 0.366 e. The van der Waals surface area contributed by atoms with Crippen LogP contribution in [-0.4, -0.2) is 17.9 Å². The van der Waals surface area contributed by atoms with Crippen LogP contribution < -0.4 is 16.8 Å². The van der Waals surface area contributed by atoms with Crippen molar-refractivity contribution in [3.63, 3.8) is 0 Å². The molecule has 116 valence electrons. The minimum atomic E-state index is -0.463. The molecule has 6 heteroatoms. The molecule has 0 aliphatic heterocycles. The molecule has 2 amide bonds. The van der Waals surface area contributed by atoms with Crippen molar-refractivity contribution in [2.45, 2.75) is 38.3 Å². The average molecular weight is 312 g/mol. The van der Waals surface area contributed by atoms with Crippen molar-refractivity contribution >= 4 is 24.2 Å². The Morgan fingerprint density at radius 3 is 2.67 bits per heavy atom. The first-order valence-electron chi connectivity index (χ1n) is 6.97. The smallest absolute Gasteiger partial charge is 0.248 e. The lowest BCUT2D eigenvalue weighted by Gasteiger charge is -2.14. The number of carbonyl (C=O) groups is 2. The number of hydrogen-bond donors (Lipinski definition) is 3. The molecule has 21 heavy (non-hydrogen) atoms. The summed E-state index contributed by atoms with van der Waals surface area (Å²) in [4.78, 5) is 23.0. The van der Waals surface area contributed by atoms with Gasteiger partial charge in [-0.3, -0.25) is 9.59 Å². The summed E-state index contributed by atoms with van der Waals surface area (Å²) < 4.78 is 0. The molecular formula is C15H22ClN3O2. The van der Waals surface area contributed by atoms with Crippen molar-refractivity contribution in [2.24, 2.45) is 17.4 Å². The van der Waals surface area contributed by atoms with Crippen molar-refractivity contribution in [1.29, 1.82) is 0 Å². The van der Waals surface area contributed by atoms with Gasteiger partial charge in [-0.1, -0.05) is 18.6 Å². The fourth-order valence-corrected chi connectivity index (χ4v) is 2.66. The van der Waals surface area contributed by atoms with Crippen LogP contribution in [0.3, 0.4) is 0 Å². The van der Waals surface area contributed by atoms with Gasteiger partial charge in [-0.25, -0.2) is 0 Å². The number of carbonyl (C=O) groups excluding carboxylic acids is 2. The van der Waals surface area contributed by atoms with Crippen molar-refractivity contribution < 1.29 is 9.59 Å². The van der Waals surface area contributed by atoms with Gasteiger partial charge in [-0.15, -0.1) is 12.4 Å². The molecule has 0 bridgehead atoms. The molecule has 0 heterocycles. The highest BCUT2D eigenvalue weighted by Gasteiger charge is 2.25. The molecule has 1 saturated carbocycles. The summed E-state index contributed by atoms with van der Waals surface area (Å²) in [6.45, 7) is 0.405. The maximum absolute atomic E-state index is 11.9. The molecular weight excluding hydrogens is 290 g/mol. The summed E-state index contributed by atoms with van der Waals surface area (Å²) in [6, 6.07) is 7.12. The number of benzene rings is 1. The first kappa shape index (κ1) is 17.5. The van der Waals surface area contributed by atoms with Crippen LogP contribution in [0.5, 0.6) is 0 Å². The fraction of sp³-hybridized carbons (Fsp3) is 0.467. The van der Waals surface area contributed by atoms with E-state index in [2.05, 4.69) is 5.32 Å². The number of nitrogens with one attached hydrogen (secondary N) is 1. The molecule has 2 atom stereocenters. The predicted molar refractivity (Wildman–Crippen MR) is 84.0 cm³/mol. The number of hydrogen-bond acceptors (Lipinski definition) is 3. The summed E-state index contributed by atoms with van der Waals surface area (Å²) in [5.74, 6) is -0.154. The highest BCUT2D eigenvalue weighted by Crippen LogP contribution is 2.26. The van der Waals surface area contributed by atoms with E-state index >= 15 is 0 Å². The minimum absolute atomic E-state index is 0. The van der Waals surface area contributed by atoms with Gasteiger partial charge in [0, 0.05) is 24.6 Å². The third-order valence-electron chi connectivity index (χ3n) is 3.87. The summed E-state index contributed by atoms with van der Waals surface area (Å²) >= 11 is 0. The molecule has 1 aliphatic rings. The van der Waals surface area contributed by atoms with Crippen molar-refractivity contribution in [1.82, 2.24) is 5.32 Å². The Hall–Kier alpha value is -1.59. The second kappa shape index (κ2) is 8.00. The van der Waals surface area contributed by atoms with E-state index in [9.17, 15) is 9.59 Å². The Labute approximate surface area is 130 Å². The molecule has 1 fully saturated rings. The zero-order valence-corrected chi connectivity index (χ0v) is 12.7. The van der Waals surface area contributed by atoms with E-state index in [1.807, 2.05) is 6.07 Å². The molecule has 1 aromatic carbocycles.